The van der Waals surface area contributed by atoms with Gasteiger partial charge in [-0.05, 0) is 12.8 Å². The van der Waals surface area contributed by atoms with E-state index in [2.05, 4.69) is 5.32 Å². The third-order valence-corrected chi connectivity index (χ3v) is 1.05. The predicted octanol–water partition coefficient (Wildman–Crippen LogP) is -0.701. The van der Waals surface area contributed by atoms with Crippen LogP contribution in [0.4, 0.5) is 0 Å². The molecule has 0 saturated carbocycles. The van der Waals surface area contributed by atoms with E-state index in [1.165, 1.54) is 6.41 Å². The van der Waals surface area contributed by atoms with Gasteiger partial charge in [-0.1, -0.05) is 0 Å². The number of nitrogens with one attached hydrogen (secondary N) is 1. The van der Waals surface area contributed by atoms with Gasteiger partial charge in [-0.3, -0.25) is 9.59 Å². The maximum atomic E-state index is 10.2. The van der Waals surface area contributed by atoms with Gasteiger partial charge in [0.25, 0.3) is 0 Å². The summed E-state index contributed by atoms with van der Waals surface area (Å²) in [4.78, 5) is 19.7. The Hall–Kier alpha value is -1.06. The van der Waals surface area contributed by atoms with Gasteiger partial charge >= 0.3 is 6.41 Å². The third-order valence-electron chi connectivity index (χ3n) is 1.05. The zero-order chi connectivity index (χ0) is 7.82. The normalized spacial score (nSPS) is 8.80. The Bertz CT molecular complexity index is 114. The highest BCUT2D eigenvalue weighted by Crippen LogP contribution is 1.91. The molecule has 1 radical (unpaired) electrons. The molecular formula is C6H11N2O2. The molecule has 0 unspecified atom stereocenters. The fraction of sp³-hybridized carbons (Fsp3) is 0.667. The molecule has 0 fully saturated rings. The Labute approximate surface area is 59.8 Å². The van der Waals surface area contributed by atoms with Crippen LogP contribution in [0, 0.1) is 0 Å². The lowest BCUT2D eigenvalue weighted by atomic mass is 10.2. The molecule has 0 rings (SSSR count). The van der Waals surface area contributed by atoms with Crippen LogP contribution >= 0.6 is 0 Å². The topological polar surface area (TPSA) is 72.2 Å². The van der Waals surface area contributed by atoms with Gasteiger partial charge in [0, 0.05) is 13.0 Å². The Morgan fingerprint density at radius 1 is 1.50 bits per heavy atom. The van der Waals surface area contributed by atoms with Crippen molar-refractivity contribution in [2.45, 2.75) is 19.3 Å². The van der Waals surface area contributed by atoms with E-state index in [4.69, 9.17) is 5.73 Å². The number of hydrogen-bond acceptors (Lipinski definition) is 2. The van der Waals surface area contributed by atoms with Crippen molar-refractivity contribution in [2.24, 2.45) is 5.73 Å². The van der Waals surface area contributed by atoms with Crippen LogP contribution in [0.25, 0.3) is 0 Å². The standard InChI is InChI=1S/C6H11N2O2/c7-6(10)3-1-2-4-8-5-9/h1-4H2,(H2,7,10)(H,8,9). The van der Waals surface area contributed by atoms with E-state index >= 15 is 0 Å². The summed E-state index contributed by atoms with van der Waals surface area (Å²) in [5.74, 6) is -0.296. The molecule has 2 amide bonds. The number of primary amides is 1. The first-order valence-electron chi connectivity index (χ1n) is 3.15. The Balaban J connectivity index is 2.90. The quantitative estimate of drug-likeness (QED) is 0.381. The second-order valence-electron chi connectivity index (χ2n) is 1.95. The number of unbranched alkanes of at least 4 members (excludes halogenated alkanes) is 1. The monoisotopic (exact) mass is 143 g/mol. The first-order valence-corrected chi connectivity index (χ1v) is 3.15. The second-order valence-corrected chi connectivity index (χ2v) is 1.95. The molecule has 0 aliphatic carbocycles. The zero-order valence-corrected chi connectivity index (χ0v) is 5.72. The second kappa shape index (κ2) is 6.07. The molecular weight excluding hydrogens is 132 g/mol. The lowest BCUT2D eigenvalue weighted by molar-refractivity contribution is -0.118. The summed E-state index contributed by atoms with van der Waals surface area (Å²) >= 11 is 0. The molecule has 10 heavy (non-hydrogen) atoms. The van der Waals surface area contributed by atoms with Crippen molar-refractivity contribution in [3.63, 3.8) is 0 Å². The van der Waals surface area contributed by atoms with E-state index in [0.717, 1.165) is 12.8 Å². The SMILES string of the molecule is NC(=O)CCCCN[C]=O. The Kier molecular flexibility index (Phi) is 5.42. The van der Waals surface area contributed by atoms with Crippen molar-refractivity contribution < 1.29 is 9.59 Å². The summed E-state index contributed by atoms with van der Waals surface area (Å²) in [5, 5.41) is 2.36. The number of carbonyl (C=O) groups is 1. The number of rotatable bonds is 6. The summed E-state index contributed by atoms with van der Waals surface area (Å²) in [6.07, 6.45) is 3.43. The fourth-order valence-electron chi connectivity index (χ4n) is 0.564. The summed E-state index contributed by atoms with van der Waals surface area (Å²) in [5.41, 5.74) is 4.87. The maximum absolute atomic E-state index is 10.2. The Morgan fingerprint density at radius 2 is 2.20 bits per heavy atom. The van der Waals surface area contributed by atoms with Gasteiger partial charge in [0.15, 0.2) is 0 Å². The van der Waals surface area contributed by atoms with Crippen LogP contribution in [0.15, 0.2) is 0 Å². The third kappa shape index (κ3) is 6.94. The van der Waals surface area contributed by atoms with Gasteiger partial charge in [0.1, 0.15) is 0 Å². The molecule has 0 aliphatic rings. The van der Waals surface area contributed by atoms with Crippen LogP contribution in [0.2, 0.25) is 0 Å². The number of hydrogen-bond donors (Lipinski definition) is 2. The molecule has 0 aliphatic heterocycles. The fourth-order valence-corrected chi connectivity index (χ4v) is 0.564. The molecule has 0 aromatic heterocycles. The van der Waals surface area contributed by atoms with Crippen molar-refractivity contribution >= 4 is 12.3 Å². The van der Waals surface area contributed by atoms with Gasteiger partial charge in [-0.15, -0.1) is 0 Å². The minimum Gasteiger partial charge on any atom is -0.370 e. The lowest BCUT2D eigenvalue weighted by Gasteiger charge is -1.95. The zero-order valence-electron chi connectivity index (χ0n) is 5.72. The van der Waals surface area contributed by atoms with Gasteiger partial charge in [-0.25, -0.2) is 0 Å². The summed E-state index contributed by atoms with van der Waals surface area (Å²) < 4.78 is 0. The van der Waals surface area contributed by atoms with Crippen molar-refractivity contribution in [2.75, 3.05) is 6.54 Å². The first kappa shape index (κ1) is 8.94. The van der Waals surface area contributed by atoms with E-state index in [0.29, 0.717) is 13.0 Å². The smallest absolute Gasteiger partial charge is 0.309 e. The van der Waals surface area contributed by atoms with Crippen molar-refractivity contribution in [3.05, 3.63) is 0 Å². The van der Waals surface area contributed by atoms with Crippen molar-refractivity contribution in [1.29, 1.82) is 0 Å². The molecule has 3 N–H and O–H groups in total. The average molecular weight is 143 g/mol. The molecule has 0 aromatic rings. The highest BCUT2D eigenvalue weighted by molar-refractivity contribution is 5.73. The van der Waals surface area contributed by atoms with Crippen molar-refractivity contribution in [3.8, 4) is 0 Å². The van der Waals surface area contributed by atoms with Crippen LogP contribution in [0.3, 0.4) is 0 Å². The summed E-state index contributed by atoms with van der Waals surface area (Å²) in [6, 6.07) is 0. The highest BCUT2D eigenvalue weighted by atomic mass is 16.1. The van der Waals surface area contributed by atoms with Crippen LogP contribution in [0.5, 0.6) is 0 Å². The van der Waals surface area contributed by atoms with Gasteiger partial charge in [0.2, 0.25) is 5.91 Å². The molecule has 0 spiro atoms. The average Bonchev–Trinajstić information content (AvgIpc) is 1.87. The molecule has 0 atom stereocenters. The van der Waals surface area contributed by atoms with E-state index in [-0.39, 0.29) is 5.91 Å². The predicted molar refractivity (Wildman–Crippen MR) is 36.7 cm³/mol. The Morgan fingerprint density at radius 3 is 2.70 bits per heavy atom. The van der Waals surface area contributed by atoms with E-state index in [1.807, 2.05) is 0 Å². The molecule has 0 bridgehead atoms. The number of carbonyl (C=O) groups excluding carboxylic acids is 2. The van der Waals surface area contributed by atoms with Gasteiger partial charge in [-0.2, -0.15) is 0 Å². The largest absolute Gasteiger partial charge is 0.370 e. The van der Waals surface area contributed by atoms with Crippen LogP contribution < -0.4 is 11.1 Å². The van der Waals surface area contributed by atoms with E-state index < -0.39 is 0 Å². The van der Waals surface area contributed by atoms with Crippen LogP contribution in [-0.2, 0) is 9.59 Å². The van der Waals surface area contributed by atoms with Crippen LogP contribution in [0.1, 0.15) is 19.3 Å². The lowest BCUT2D eigenvalue weighted by Crippen LogP contribution is -2.14. The molecule has 0 aromatic carbocycles. The van der Waals surface area contributed by atoms with E-state index in [1.54, 1.807) is 0 Å². The number of amides is 2. The number of nitrogens with two attached hydrogens (primary N) is 1. The summed E-state index contributed by atoms with van der Waals surface area (Å²) in [7, 11) is 0. The van der Waals surface area contributed by atoms with Crippen molar-refractivity contribution in [1.82, 2.24) is 5.32 Å². The van der Waals surface area contributed by atoms with Gasteiger partial charge in [0.05, 0.1) is 0 Å². The molecule has 57 valence electrons. The maximum Gasteiger partial charge on any atom is 0.309 e. The molecule has 4 heteroatoms. The molecule has 0 heterocycles. The molecule has 4 nitrogen and oxygen atoms in total. The molecule has 0 saturated heterocycles. The minimum atomic E-state index is -0.296. The van der Waals surface area contributed by atoms with Gasteiger partial charge < -0.3 is 11.1 Å². The summed E-state index contributed by atoms with van der Waals surface area (Å²) in [6.45, 7) is 0.566. The first-order chi connectivity index (χ1) is 4.77. The van der Waals surface area contributed by atoms with Crippen LogP contribution in [-0.4, -0.2) is 18.9 Å². The minimum absolute atomic E-state index is 0.296. The highest BCUT2D eigenvalue weighted by Gasteiger charge is 1.92. The van der Waals surface area contributed by atoms with E-state index in [9.17, 15) is 9.59 Å².